The van der Waals surface area contributed by atoms with Gasteiger partial charge in [0, 0.05) is 36.3 Å². The van der Waals surface area contributed by atoms with Crippen molar-refractivity contribution in [3.05, 3.63) is 0 Å². The Labute approximate surface area is 328 Å². The van der Waals surface area contributed by atoms with Crippen LogP contribution >= 0.6 is 18.5 Å². The lowest BCUT2D eigenvalue weighted by molar-refractivity contribution is -0.175. The number of Topliss-reactive ketones (excluding diaryl/α,β-unsaturated/α-hetero) is 2. The first-order chi connectivity index (χ1) is 25.8. The first kappa shape index (κ1) is 50.0. The topological polar surface area (TPSA) is 313 Å². The molecule has 0 aliphatic carbocycles. The highest BCUT2D eigenvalue weighted by Crippen LogP contribution is 2.36. The van der Waals surface area contributed by atoms with E-state index >= 15 is 0 Å². The predicted octanol–water partition coefficient (Wildman–Crippen LogP) is 0.203. The van der Waals surface area contributed by atoms with E-state index in [1.807, 2.05) is 0 Å². The fraction of sp³-hybridized carbons (Fsp3) is 0.688. The fourth-order valence-corrected chi connectivity index (χ4v) is 5.69. The van der Waals surface area contributed by atoms with E-state index in [0.29, 0.717) is 12.3 Å². The molecule has 312 valence electrons. The first-order valence-corrected chi connectivity index (χ1v) is 19.2. The predicted molar refractivity (Wildman–Crippen MR) is 201 cm³/mol. The van der Waals surface area contributed by atoms with Gasteiger partial charge in [0.15, 0.2) is 22.8 Å². The summed E-state index contributed by atoms with van der Waals surface area (Å²) < 4.78 is 20.7. The summed E-state index contributed by atoms with van der Waals surface area (Å²) in [7, 11) is 2.23. The Hall–Kier alpha value is -3.99. The van der Waals surface area contributed by atoms with Crippen LogP contribution in [0.25, 0.3) is 0 Å². The minimum absolute atomic E-state index is 0.120. The zero-order valence-corrected chi connectivity index (χ0v) is 34.2. The Morgan fingerprint density at radius 2 is 1.05 bits per heavy atom. The van der Waals surface area contributed by atoms with Gasteiger partial charge in [-0.3, -0.25) is 43.2 Å². The van der Waals surface area contributed by atoms with Gasteiger partial charge in [0.2, 0.25) is 11.8 Å². The molecule has 0 saturated carbocycles. The van der Waals surface area contributed by atoms with Gasteiger partial charge in [-0.05, 0) is 26.2 Å². The summed E-state index contributed by atoms with van der Waals surface area (Å²) >= 11 is 0. The zero-order chi connectivity index (χ0) is 43.3. The molecule has 9 atom stereocenters. The van der Waals surface area contributed by atoms with Gasteiger partial charge in [-0.15, -0.1) is 18.5 Å². The van der Waals surface area contributed by atoms with Crippen LogP contribution in [-0.2, 0) is 66.6 Å². The summed E-state index contributed by atoms with van der Waals surface area (Å²) in [4.78, 5) is 117. The Balaban J connectivity index is 0.000000560. The number of amides is 2. The molecule has 6 N–H and O–H groups in total. The van der Waals surface area contributed by atoms with Crippen molar-refractivity contribution in [3.8, 4) is 0 Å². The summed E-state index contributed by atoms with van der Waals surface area (Å²) in [5.41, 5.74) is -4.38. The van der Waals surface area contributed by atoms with Crippen LogP contribution in [0, 0.1) is 11.8 Å². The van der Waals surface area contributed by atoms with Crippen molar-refractivity contribution in [1.82, 2.24) is 10.6 Å². The van der Waals surface area contributed by atoms with Crippen LogP contribution in [0.3, 0.4) is 0 Å². The van der Waals surface area contributed by atoms with Crippen molar-refractivity contribution in [3.63, 3.8) is 0 Å². The number of carbonyl (C=O) groups excluding carboxylic acids is 6. The van der Waals surface area contributed by atoms with E-state index in [1.165, 1.54) is 20.8 Å². The summed E-state index contributed by atoms with van der Waals surface area (Å²) in [5.74, 6) is -11.1. The monoisotopic (exact) mass is 834 g/mol. The molecule has 2 heterocycles. The molecule has 0 radical (unpaired) electrons. The Bertz CT molecular complexity index is 1490. The van der Waals surface area contributed by atoms with Crippen molar-refractivity contribution in [2.24, 2.45) is 11.8 Å². The van der Waals surface area contributed by atoms with Crippen LogP contribution in [0.4, 0.5) is 0 Å². The van der Waals surface area contributed by atoms with Gasteiger partial charge < -0.3 is 49.7 Å². The van der Waals surface area contributed by atoms with Crippen LogP contribution in [0.2, 0.25) is 11.6 Å². The first-order valence-electron chi connectivity index (χ1n) is 17.5. The minimum Gasteiger partial charge on any atom is -0.509 e. The lowest BCUT2D eigenvalue weighted by atomic mass is 9.67. The van der Waals surface area contributed by atoms with Crippen LogP contribution in [0.1, 0.15) is 80.1 Å². The number of aliphatic carboxylic acids is 4. The van der Waals surface area contributed by atoms with Gasteiger partial charge in [-0.1, -0.05) is 27.7 Å². The number of carbonyl (C=O) groups is 10. The summed E-state index contributed by atoms with van der Waals surface area (Å²) in [6, 6.07) is -1.56. The third kappa shape index (κ3) is 14.8. The minimum atomic E-state index is -2.25. The van der Waals surface area contributed by atoms with Crippen LogP contribution in [0.5, 0.6) is 0 Å². The molecule has 20 nitrogen and oxygen atoms in total. The molecule has 2 aliphatic heterocycles. The van der Waals surface area contributed by atoms with E-state index in [0.717, 1.165) is 0 Å². The van der Waals surface area contributed by atoms with Crippen LogP contribution in [0.15, 0.2) is 0 Å². The molecule has 2 saturated heterocycles. The second-order valence-corrected chi connectivity index (χ2v) is 15.0. The van der Waals surface area contributed by atoms with Gasteiger partial charge in [-0.25, -0.2) is 4.79 Å². The van der Waals surface area contributed by atoms with Gasteiger partial charge in [0.25, 0.3) is 5.97 Å². The fourth-order valence-electron chi connectivity index (χ4n) is 5.26. The van der Waals surface area contributed by atoms with Gasteiger partial charge in [0.05, 0.1) is 37.8 Å². The largest absolute Gasteiger partial charge is 0.531 e. The van der Waals surface area contributed by atoms with E-state index in [4.69, 9.17) is 33.9 Å². The van der Waals surface area contributed by atoms with E-state index in [9.17, 15) is 53.1 Å². The molecule has 2 fully saturated rings. The highest BCUT2D eigenvalue weighted by molar-refractivity contribution is 7.16. The van der Waals surface area contributed by atoms with E-state index in [1.54, 1.807) is 20.8 Å². The normalized spacial score (nSPS) is 20.6. The number of hydrogen-bond acceptors (Lipinski definition) is 14. The maximum atomic E-state index is 12.4. The van der Waals surface area contributed by atoms with E-state index in [-0.39, 0.29) is 48.1 Å². The number of carboxylic acid groups (broad SMARTS) is 4. The van der Waals surface area contributed by atoms with Crippen LogP contribution in [-0.4, -0.2) is 129 Å². The lowest BCUT2D eigenvalue weighted by Gasteiger charge is -2.36. The van der Waals surface area contributed by atoms with Gasteiger partial charge >= 0.3 is 44.1 Å². The van der Waals surface area contributed by atoms with Gasteiger partial charge in [-0.2, -0.15) is 0 Å². The molecular formula is C32H50B2N2O18P2. The molecule has 2 amide bonds. The third-order valence-corrected chi connectivity index (χ3v) is 10.3. The van der Waals surface area contributed by atoms with Crippen molar-refractivity contribution in [1.29, 1.82) is 0 Å². The molecule has 0 spiro atoms. The van der Waals surface area contributed by atoms with E-state index < -0.39 is 111 Å². The average Bonchev–Trinajstić information content (AvgIpc) is 3.40. The van der Waals surface area contributed by atoms with Crippen molar-refractivity contribution in [2.45, 2.75) is 115 Å². The third-order valence-electron chi connectivity index (χ3n) is 8.92. The van der Waals surface area contributed by atoms with Crippen molar-refractivity contribution >= 4 is 91.9 Å². The smallest absolute Gasteiger partial charge is 0.509 e. The SMILES string of the molecule is CC(CP)C(=O)NC(C)C(=O)C[C@@H](C)B1OC(=O)C(CC(=O)O)(CC(=O)O)O1.CC(CP)C(=O)NC(C)C(=O)C[C@@H](C)B1OC(=O)CC(CC(=O)O)(C(=O)O)O1. The molecule has 0 bridgehead atoms. The molecule has 7 unspecified atom stereocenters. The van der Waals surface area contributed by atoms with Crippen molar-refractivity contribution < 1.29 is 87.0 Å². The molecule has 2 rings (SSSR count). The molecule has 56 heavy (non-hydrogen) atoms. The maximum absolute atomic E-state index is 12.4. The highest BCUT2D eigenvalue weighted by atomic mass is 31.0. The van der Waals surface area contributed by atoms with E-state index in [2.05, 4.69) is 29.1 Å². The highest BCUT2D eigenvalue weighted by Gasteiger charge is 2.57. The molecule has 0 aromatic rings. The number of carboxylic acids is 4. The zero-order valence-electron chi connectivity index (χ0n) is 31.9. The molecule has 24 heteroatoms. The second kappa shape index (κ2) is 22.1. The molecule has 0 aromatic heterocycles. The molecular weight excluding hydrogens is 784 g/mol. The molecule has 2 aliphatic rings. The summed E-state index contributed by atoms with van der Waals surface area (Å²) in [6.07, 6.45) is -2.61. The Morgan fingerprint density at radius 1 is 0.661 bits per heavy atom. The number of nitrogens with one attached hydrogen (secondary N) is 2. The average molecular weight is 834 g/mol. The number of hydrogen-bond donors (Lipinski definition) is 6. The van der Waals surface area contributed by atoms with Crippen LogP contribution < -0.4 is 10.6 Å². The lowest BCUT2D eigenvalue weighted by Crippen LogP contribution is -2.55. The number of ketones is 2. The standard InChI is InChI=1S/2C16H25BNO9P/c1-8(7-28)14(23)18-10(3)11(19)4-9(2)17-26-13(22)6-16(27-17,15(24)25)5-12(20)21;1-8(7-28)14(24)18-10(3)11(19)4-9(2)17-26-15(25)16(27-17,5-12(20)21)6-13(22)23/h8-10H,4-7,28H2,1-3H3,(H,18,23)(H,20,21)(H,24,25);8-10H,4-7,28H2,1-3H3,(H,18,24)(H,20,21)(H,22,23)/t8?,9-,10?,16?;8?,9-,10?/m11/s1. The van der Waals surface area contributed by atoms with Gasteiger partial charge in [0.1, 0.15) is 0 Å². The second-order valence-electron chi connectivity index (χ2n) is 14.1. The molecule has 0 aromatic carbocycles. The Morgan fingerprint density at radius 3 is 1.41 bits per heavy atom. The Kier molecular flexibility index (Phi) is 19.7. The quantitative estimate of drug-likeness (QED) is 0.0665. The summed E-state index contributed by atoms with van der Waals surface area (Å²) in [6.45, 7) is 9.54. The maximum Gasteiger partial charge on any atom is 0.531 e. The number of rotatable bonds is 21. The van der Waals surface area contributed by atoms with Crippen molar-refractivity contribution in [2.75, 3.05) is 12.3 Å². The summed E-state index contributed by atoms with van der Waals surface area (Å²) in [5, 5.41) is 41.5.